The van der Waals surface area contributed by atoms with Crippen molar-refractivity contribution < 1.29 is 9.90 Å². The second kappa shape index (κ2) is 6.21. The molecular weight excluding hydrogens is 326 g/mol. The number of hydrogen-bond acceptors (Lipinski definition) is 3. The Labute approximate surface area is 124 Å². The van der Waals surface area contributed by atoms with E-state index in [1.165, 1.54) is 5.56 Å². The van der Waals surface area contributed by atoms with Crippen LogP contribution in [-0.2, 0) is 6.42 Å². The van der Waals surface area contributed by atoms with E-state index in [4.69, 9.17) is 0 Å². The van der Waals surface area contributed by atoms with Crippen LogP contribution in [0.1, 0.15) is 22.8 Å². The van der Waals surface area contributed by atoms with Gasteiger partial charge in [-0.15, -0.1) is 0 Å². The van der Waals surface area contributed by atoms with Gasteiger partial charge in [0.25, 0.3) is 0 Å². The van der Waals surface area contributed by atoms with Crippen molar-refractivity contribution in [1.82, 2.24) is 0 Å². The SMILES string of the molecule is CC(Cc1ccsc1)Nc1ccc(Br)cc1C(=O)O. The van der Waals surface area contributed by atoms with Gasteiger partial charge in [-0.3, -0.25) is 0 Å². The molecular formula is C14H14BrNO2S. The third-order valence-corrected chi connectivity index (χ3v) is 3.96. The molecule has 1 aromatic heterocycles. The Balaban J connectivity index is 2.12. The summed E-state index contributed by atoms with van der Waals surface area (Å²) in [5.74, 6) is -0.925. The molecule has 0 aliphatic carbocycles. The lowest BCUT2D eigenvalue weighted by molar-refractivity contribution is 0.0698. The summed E-state index contributed by atoms with van der Waals surface area (Å²) in [5, 5.41) is 16.6. The van der Waals surface area contributed by atoms with Crippen molar-refractivity contribution in [2.24, 2.45) is 0 Å². The molecule has 2 N–H and O–H groups in total. The molecule has 1 atom stereocenters. The molecule has 0 bridgehead atoms. The zero-order chi connectivity index (χ0) is 13.8. The van der Waals surface area contributed by atoms with Gasteiger partial charge in [-0.1, -0.05) is 15.9 Å². The predicted octanol–water partition coefficient (Wildman–Crippen LogP) is 4.25. The summed E-state index contributed by atoms with van der Waals surface area (Å²) in [7, 11) is 0. The highest BCUT2D eigenvalue weighted by Crippen LogP contribution is 2.22. The number of anilines is 1. The summed E-state index contributed by atoms with van der Waals surface area (Å²) < 4.78 is 0.765. The lowest BCUT2D eigenvalue weighted by atomic mass is 10.1. The van der Waals surface area contributed by atoms with Crippen LogP contribution in [0.5, 0.6) is 0 Å². The maximum absolute atomic E-state index is 11.2. The predicted molar refractivity (Wildman–Crippen MR) is 82.2 cm³/mol. The summed E-state index contributed by atoms with van der Waals surface area (Å²) >= 11 is 4.96. The summed E-state index contributed by atoms with van der Waals surface area (Å²) in [6, 6.07) is 7.50. The van der Waals surface area contributed by atoms with E-state index in [9.17, 15) is 9.90 Å². The number of nitrogens with one attached hydrogen (secondary N) is 1. The zero-order valence-electron chi connectivity index (χ0n) is 10.4. The second-order valence-electron chi connectivity index (χ2n) is 4.38. The van der Waals surface area contributed by atoms with E-state index in [0.717, 1.165) is 10.9 Å². The first-order valence-electron chi connectivity index (χ1n) is 5.86. The fourth-order valence-electron chi connectivity index (χ4n) is 1.90. The van der Waals surface area contributed by atoms with Crippen molar-refractivity contribution in [3.05, 3.63) is 50.6 Å². The van der Waals surface area contributed by atoms with Crippen molar-refractivity contribution >= 4 is 38.9 Å². The molecule has 0 saturated heterocycles. The van der Waals surface area contributed by atoms with Crippen LogP contribution in [0.2, 0.25) is 0 Å². The van der Waals surface area contributed by atoms with Gasteiger partial charge in [0.2, 0.25) is 0 Å². The molecule has 1 heterocycles. The summed E-state index contributed by atoms with van der Waals surface area (Å²) in [4.78, 5) is 11.2. The van der Waals surface area contributed by atoms with Crippen molar-refractivity contribution in [2.45, 2.75) is 19.4 Å². The lowest BCUT2D eigenvalue weighted by Crippen LogP contribution is -2.19. The minimum absolute atomic E-state index is 0.175. The maximum atomic E-state index is 11.2. The van der Waals surface area contributed by atoms with Gasteiger partial charge in [-0.05, 0) is 53.9 Å². The summed E-state index contributed by atoms with van der Waals surface area (Å²) in [6.45, 7) is 2.05. The van der Waals surface area contributed by atoms with Gasteiger partial charge in [-0.2, -0.15) is 11.3 Å². The van der Waals surface area contributed by atoms with E-state index < -0.39 is 5.97 Å². The Morgan fingerprint density at radius 3 is 2.89 bits per heavy atom. The third-order valence-electron chi connectivity index (χ3n) is 2.74. The molecule has 0 saturated carbocycles. The minimum atomic E-state index is -0.925. The van der Waals surface area contributed by atoms with Gasteiger partial charge < -0.3 is 10.4 Å². The third kappa shape index (κ3) is 3.81. The molecule has 1 unspecified atom stereocenters. The topological polar surface area (TPSA) is 49.3 Å². The molecule has 0 spiro atoms. The quantitative estimate of drug-likeness (QED) is 0.855. The highest BCUT2D eigenvalue weighted by atomic mass is 79.9. The van der Waals surface area contributed by atoms with Gasteiger partial charge >= 0.3 is 5.97 Å². The highest BCUT2D eigenvalue weighted by molar-refractivity contribution is 9.10. The lowest BCUT2D eigenvalue weighted by Gasteiger charge is -2.16. The molecule has 3 nitrogen and oxygen atoms in total. The fraction of sp³-hybridized carbons (Fsp3) is 0.214. The molecule has 100 valence electrons. The average Bonchev–Trinajstić information content (AvgIpc) is 2.83. The Morgan fingerprint density at radius 1 is 1.47 bits per heavy atom. The van der Waals surface area contributed by atoms with Gasteiger partial charge in [0.15, 0.2) is 0 Å². The van der Waals surface area contributed by atoms with E-state index in [2.05, 4.69) is 32.7 Å². The first-order valence-corrected chi connectivity index (χ1v) is 7.60. The van der Waals surface area contributed by atoms with Crippen molar-refractivity contribution in [2.75, 3.05) is 5.32 Å². The van der Waals surface area contributed by atoms with Crippen LogP contribution >= 0.6 is 27.3 Å². The van der Waals surface area contributed by atoms with Crippen LogP contribution in [0.15, 0.2) is 39.5 Å². The first kappa shape index (κ1) is 14.1. The number of hydrogen-bond donors (Lipinski definition) is 2. The molecule has 19 heavy (non-hydrogen) atoms. The number of aromatic carboxylic acids is 1. The molecule has 0 aliphatic heterocycles. The van der Waals surface area contributed by atoms with Crippen molar-refractivity contribution in [1.29, 1.82) is 0 Å². The molecule has 0 aliphatic rings. The maximum Gasteiger partial charge on any atom is 0.337 e. The average molecular weight is 340 g/mol. The monoisotopic (exact) mass is 339 g/mol. The van der Waals surface area contributed by atoms with E-state index >= 15 is 0 Å². The molecule has 0 amide bonds. The van der Waals surface area contributed by atoms with Gasteiger partial charge in [0, 0.05) is 16.2 Å². The summed E-state index contributed by atoms with van der Waals surface area (Å²) in [5.41, 5.74) is 2.20. The van der Waals surface area contributed by atoms with Crippen molar-refractivity contribution in [3.8, 4) is 0 Å². The Hall–Kier alpha value is -1.33. The second-order valence-corrected chi connectivity index (χ2v) is 6.07. The number of carbonyl (C=O) groups is 1. The van der Waals surface area contributed by atoms with Crippen LogP contribution in [0, 0.1) is 0 Å². The Morgan fingerprint density at radius 2 is 2.26 bits per heavy atom. The fourth-order valence-corrected chi connectivity index (χ4v) is 2.94. The number of carboxylic acids is 1. The number of carboxylic acid groups (broad SMARTS) is 1. The normalized spacial score (nSPS) is 12.1. The van der Waals surface area contributed by atoms with Crippen molar-refractivity contribution in [3.63, 3.8) is 0 Å². The van der Waals surface area contributed by atoms with Gasteiger partial charge in [0.05, 0.1) is 5.56 Å². The van der Waals surface area contributed by atoms with Gasteiger partial charge in [-0.25, -0.2) is 4.79 Å². The number of halogens is 1. The van der Waals surface area contributed by atoms with E-state index in [0.29, 0.717) is 5.69 Å². The highest BCUT2D eigenvalue weighted by Gasteiger charge is 2.13. The first-order chi connectivity index (χ1) is 9.06. The number of thiophene rings is 1. The largest absolute Gasteiger partial charge is 0.478 e. The van der Waals surface area contributed by atoms with E-state index in [1.807, 2.05) is 18.4 Å². The van der Waals surface area contributed by atoms with E-state index in [-0.39, 0.29) is 11.6 Å². The minimum Gasteiger partial charge on any atom is -0.478 e. The van der Waals surface area contributed by atoms with Crippen LogP contribution in [0.25, 0.3) is 0 Å². The summed E-state index contributed by atoms with van der Waals surface area (Å²) in [6.07, 6.45) is 0.874. The number of rotatable bonds is 5. The van der Waals surface area contributed by atoms with Crippen LogP contribution in [-0.4, -0.2) is 17.1 Å². The number of benzene rings is 1. The molecule has 2 aromatic rings. The smallest absolute Gasteiger partial charge is 0.337 e. The standard InChI is InChI=1S/C14H14BrNO2S/c1-9(6-10-4-5-19-8-10)16-13-3-2-11(15)7-12(13)14(17)18/h2-5,7-9,16H,6H2,1H3,(H,17,18). The molecule has 2 rings (SSSR count). The molecule has 0 fully saturated rings. The molecule has 0 radical (unpaired) electrons. The zero-order valence-corrected chi connectivity index (χ0v) is 12.8. The Bertz CT molecular complexity index is 569. The van der Waals surface area contributed by atoms with E-state index in [1.54, 1.807) is 23.5 Å². The van der Waals surface area contributed by atoms with Crippen LogP contribution in [0.3, 0.4) is 0 Å². The molecule has 1 aromatic carbocycles. The van der Waals surface area contributed by atoms with Gasteiger partial charge in [0.1, 0.15) is 0 Å². The Kier molecular flexibility index (Phi) is 4.61. The molecule has 5 heteroatoms. The van der Waals surface area contributed by atoms with Crippen LogP contribution < -0.4 is 5.32 Å². The van der Waals surface area contributed by atoms with Crippen LogP contribution in [0.4, 0.5) is 5.69 Å².